The van der Waals surface area contributed by atoms with Crippen LogP contribution in [0.15, 0.2) is 24.3 Å². The van der Waals surface area contributed by atoms with Crippen LogP contribution in [0.3, 0.4) is 0 Å². The summed E-state index contributed by atoms with van der Waals surface area (Å²) in [7, 11) is 1.92. The largest absolute Gasteiger partial charge is 1.00 e. The Bertz CT molecular complexity index is 975. The Morgan fingerprint density at radius 3 is 2.65 bits per heavy atom. The number of imidazole rings is 1. The molecule has 3 rings (SSSR count). The molecule has 0 saturated carbocycles. The van der Waals surface area contributed by atoms with E-state index in [4.69, 9.17) is 27.8 Å². The molecule has 4 N–H and O–H groups in total. The summed E-state index contributed by atoms with van der Waals surface area (Å²) in [6.45, 7) is 2.83. The van der Waals surface area contributed by atoms with Crippen molar-refractivity contribution in [1.29, 1.82) is 0 Å². The van der Waals surface area contributed by atoms with Gasteiger partial charge in [0.05, 0.1) is 13.6 Å². The minimum Gasteiger partial charge on any atom is -1.00 e. The maximum Gasteiger partial charge on any atom is 0.361 e. The number of para-hydroxylation sites is 2. The molecule has 0 radical (unpaired) electrons. The molecule has 10 heteroatoms. The van der Waals surface area contributed by atoms with Crippen LogP contribution < -0.4 is 40.0 Å². The van der Waals surface area contributed by atoms with Crippen LogP contribution in [0.25, 0.3) is 11.0 Å². The van der Waals surface area contributed by atoms with Gasteiger partial charge in [-0.05, 0) is 19.1 Å². The maximum atomic E-state index is 12.3. The quantitative estimate of drug-likeness (QED) is 0.261. The zero-order chi connectivity index (χ0) is 18.1. The number of benzene rings is 1. The fourth-order valence-electron chi connectivity index (χ4n) is 2.75. The van der Waals surface area contributed by atoms with E-state index in [9.17, 15) is 4.79 Å². The molecule has 8 nitrogen and oxygen atoms in total. The van der Waals surface area contributed by atoms with E-state index in [2.05, 4.69) is 14.5 Å². The minimum absolute atomic E-state index is 0. The third-order valence-electron chi connectivity index (χ3n) is 3.98. The highest BCUT2D eigenvalue weighted by Gasteiger charge is 2.24. The Balaban J connectivity index is 0.00000243. The van der Waals surface area contributed by atoms with Gasteiger partial charge in [-0.15, -0.1) is 0 Å². The fourth-order valence-corrected chi connectivity index (χ4v) is 2.88. The topological polar surface area (TPSA) is 113 Å². The van der Waals surface area contributed by atoms with Gasteiger partial charge in [0.15, 0.2) is 40.1 Å². The van der Waals surface area contributed by atoms with E-state index in [1.165, 1.54) is 0 Å². The second-order valence-electron chi connectivity index (χ2n) is 5.42. The SMILES string of the molecule is CCn1c(COC(=O)c2nc(Cl)c(N)nc2N)[n+](C)c2ccccc21.[I-]. The molecule has 0 aliphatic heterocycles. The number of fused-ring (bicyclic) bond motifs is 1. The lowest BCUT2D eigenvalue weighted by Gasteiger charge is -2.06. The summed E-state index contributed by atoms with van der Waals surface area (Å²) in [5.41, 5.74) is 13.2. The summed E-state index contributed by atoms with van der Waals surface area (Å²) in [4.78, 5) is 19.9. The van der Waals surface area contributed by atoms with Gasteiger partial charge in [-0.25, -0.2) is 23.9 Å². The number of carbonyl (C=O) groups is 1. The molecular formula is C16H18ClIN6O2. The van der Waals surface area contributed by atoms with Crippen molar-refractivity contribution in [2.45, 2.75) is 20.1 Å². The van der Waals surface area contributed by atoms with Gasteiger partial charge in [0.25, 0.3) is 5.82 Å². The average molecular weight is 489 g/mol. The Labute approximate surface area is 172 Å². The Kier molecular flexibility index (Phi) is 6.24. The molecule has 0 bridgehead atoms. The number of nitrogen functional groups attached to an aromatic ring is 2. The molecule has 2 aromatic heterocycles. The van der Waals surface area contributed by atoms with Crippen LogP contribution in [0, 0.1) is 0 Å². The number of rotatable bonds is 4. The first-order valence-electron chi connectivity index (χ1n) is 7.65. The summed E-state index contributed by atoms with van der Waals surface area (Å²) < 4.78 is 9.44. The van der Waals surface area contributed by atoms with Gasteiger partial charge in [0.2, 0.25) is 0 Å². The summed E-state index contributed by atoms with van der Waals surface area (Å²) in [6.07, 6.45) is 0. The summed E-state index contributed by atoms with van der Waals surface area (Å²) in [6, 6.07) is 7.96. The first-order valence-corrected chi connectivity index (χ1v) is 8.03. The Hall–Kier alpha value is -2.14. The van der Waals surface area contributed by atoms with Gasteiger partial charge in [-0.1, -0.05) is 23.7 Å². The molecule has 0 aliphatic carbocycles. The van der Waals surface area contributed by atoms with E-state index in [1.807, 2.05) is 42.8 Å². The number of aromatic nitrogens is 4. The van der Waals surface area contributed by atoms with Crippen molar-refractivity contribution in [3.8, 4) is 0 Å². The molecular weight excluding hydrogens is 471 g/mol. The molecule has 0 amide bonds. The van der Waals surface area contributed by atoms with Crippen LogP contribution in [-0.4, -0.2) is 20.5 Å². The molecule has 0 spiro atoms. The van der Waals surface area contributed by atoms with Crippen molar-refractivity contribution in [1.82, 2.24) is 14.5 Å². The van der Waals surface area contributed by atoms with Crippen LogP contribution in [-0.2, 0) is 24.9 Å². The van der Waals surface area contributed by atoms with Crippen LogP contribution >= 0.6 is 11.6 Å². The molecule has 1 aromatic carbocycles. The molecule has 0 fully saturated rings. The van der Waals surface area contributed by atoms with Crippen molar-refractivity contribution in [3.63, 3.8) is 0 Å². The Morgan fingerprint density at radius 1 is 1.27 bits per heavy atom. The number of anilines is 2. The van der Waals surface area contributed by atoms with E-state index < -0.39 is 5.97 Å². The highest BCUT2D eigenvalue weighted by molar-refractivity contribution is 6.31. The van der Waals surface area contributed by atoms with Crippen LogP contribution in [0.1, 0.15) is 23.2 Å². The fraction of sp³-hybridized carbons (Fsp3) is 0.250. The first-order chi connectivity index (χ1) is 11.9. The monoisotopic (exact) mass is 488 g/mol. The summed E-state index contributed by atoms with van der Waals surface area (Å²) in [5, 5.41) is -0.0885. The number of hydrogen-bond acceptors (Lipinski definition) is 6. The number of esters is 1. The lowest BCUT2D eigenvalue weighted by Crippen LogP contribution is -3.00. The van der Waals surface area contributed by atoms with Gasteiger partial charge in [-0.3, -0.25) is 0 Å². The number of aryl methyl sites for hydroxylation is 2. The third kappa shape index (κ3) is 3.54. The molecule has 0 atom stereocenters. The Morgan fingerprint density at radius 2 is 1.96 bits per heavy atom. The van der Waals surface area contributed by atoms with Crippen molar-refractivity contribution in [2.24, 2.45) is 7.05 Å². The zero-order valence-electron chi connectivity index (χ0n) is 14.2. The van der Waals surface area contributed by atoms with Crippen molar-refractivity contribution < 1.29 is 38.1 Å². The highest BCUT2D eigenvalue weighted by atomic mass is 127. The van der Waals surface area contributed by atoms with Crippen LogP contribution in [0.2, 0.25) is 5.15 Å². The lowest BCUT2D eigenvalue weighted by atomic mass is 10.3. The normalized spacial score (nSPS) is 10.6. The molecule has 0 saturated heterocycles. The van der Waals surface area contributed by atoms with E-state index in [0.717, 1.165) is 23.4 Å². The second-order valence-corrected chi connectivity index (χ2v) is 5.78. The van der Waals surface area contributed by atoms with E-state index >= 15 is 0 Å². The van der Waals surface area contributed by atoms with Gasteiger partial charge < -0.3 is 40.2 Å². The predicted molar refractivity (Wildman–Crippen MR) is 93.8 cm³/mol. The standard InChI is InChI=1S/C16H17ClN6O2.HI/c1-3-23-10-7-5-4-6-9(10)22(2)11(23)8-25-16(24)12-14(18)21-15(19)13(17)20-12;/h4-7H,3,8H2,1-2H3,(H3-,18,19,21,24);1H. The van der Waals surface area contributed by atoms with Gasteiger partial charge in [-0.2, -0.15) is 0 Å². The number of carbonyl (C=O) groups excluding carboxylic acids is 1. The van der Waals surface area contributed by atoms with Gasteiger partial charge in [0.1, 0.15) is 0 Å². The van der Waals surface area contributed by atoms with Crippen LogP contribution in [0.4, 0.5) is 11.6 Å². The van der Waals surface area contributed by atoms with Crippen LogP contribution in [0.5, 0.6) is 0 Å². The van der Waals surface area contributed by atoms with Crippen molar-refractivity contribution in [3.05, 3.63) is 40.9 Å². The summed E-state index contributed by atoms with van der Waals surface area (Å²) in [5.74, 6) is -0.0227. The molecule has 2 heterocycles. The van der Waals surface area contributed by atoms with Crippen molar-refractivity contribution in [2.75, 3.05) is 11.5 Å². The third-order valence-corrected chi connectivity index (χ3v) is 4.26. The molecule has 138 valence electrons. The molecule has 0 unspecified atom stereocenters. The van der Waals surface area contributed by atoms with E-state index in [-0.39, 0.29) is 53.1 Å². The summed E-state index contributed by atoms with van der Waals surface area (Å²) >= 11 is 5.80. The number of hydrogen-bond donors (Lipinski definition) is 2. The smallest absolute Gasteiger partial charge is 0.361 e. The first kappa shape index (κ1) is 20.2. The maximum absolute atomic E-state index is 12.3. The minimum atomic E-state index is -0.709. The lowest BCUT2D eigenvalue weighted by molar-refractivity contribution is -0.656. The van der Waals surface area contributed by atoms with E-state index in [1.54, 1.807) is 0 Å². The van der Waals surface area contributed by atoms with E-state index in [0.29, 0.717) is 0 Å². The van der Waals surface area contributed by atoms with Gasteiger partial charge >= 0.3 is 5.97 Å². The molecule has 26 heavy (non-hydrogen) atoms. The zero-order valence-corrected chi connectivity index (χ0v) is 17.2. The predicted octanol–water partition coefficient (Wildman–Crippen LogP) is -1.55. The van der Waals surface area contributed by atoms with Gasteiger partial charge in [0, 0.05) is 0 Å². The van der Waals surface area contributed by atoms with Crippen molar-refractivity contribution >= 4 is 40.2 Å². The molecule has 3 aromatic rings. The molecule has 0 aliphatic rings. The number of nitrogens with zero attached hydrogens (tertiary/aromatic N) is 4. The number of halogens is 2. The highest BCUT2D eigenvalue weighted by Crippen LogP contribution is 2.19. The average Bonchev–Trinajstić information content (AvgIpc) is 2.87. The number of nitrogens with two attached hydrogens (primary N) is 2. The number of ether oxygens (including phenoxy) is 1. The second kappa shape index (κ2) is 8.04.